The van der Waals surface area contributed by atoms with Crippen LogP contribution in [-0.4, -0.2) is 24.1 Å². The lowest BCUT2D eigenvalue weighted by Crippen LogP contribution is -2.21. The maximum absolute atomic E-state index is 13.4. The SMILES string of the molecule is CCc1nn2c(ncc3c(=O)n(CCc4c[nH]c5ccc(Cl)cc45)ccc32)c1-c1ccc(Cl)cc1. The molecule has 6 nitrogen and oxygen atoms in total. The third kappa shape index (κ3) is 3.70. The molecule has 2 aromatic carbocycles. The van der Waals surface area contributed by atoms with Gasteiger partial charge in [0.15, 0.2) is 5.65 Å². The number of benzene rings is 2. The van der Waals surface area contributed by atoms with Crippen molar-refractivity contribution in [1.29, 1.82) is 0 Å². The predicted molar refractivity (Wildman–Crippen MR) is 142 cm³/mol. The van der Waals surface area contributed by atoms with Gasteiger partial charge in [0.05, 0.1) is 16.6 Å². The first kappa shape index (κ1) is 21.9. The molecule has 4 aromatic heterocycles. The van der Waals surface area contributed by atoms with Gasteiger partial charge in [-0.25, -0.2) is 9.50 Å². The maximum atomic E-state index is 13.4. The van der Waals surface area contributed by atoms with Crippen molar-refractivity contribution in [2.24, 2.45) is 0 Å². The van der Waals surface area contributed by atoms with Crippen molar-refractivity contribution in [3.8, 4) is 11.1 Å². The minimum Gasteiger partial charge on any atom is -0.361 e. The van der Waals surface area contributed by atoms with E-state index < -0.39 is 0 Å². The molecule has 0 bridgehead atoms. The first-order valence-electron chi connectivity index (χ1n) is 11.4. The van der Waals surface area contributed by atoms with Gasteiger partial charge in [-0.1, -0.05) is 42.3 Å². The number of hydrogen-bond acceptors (Lipinski definition) is 3. The Hall–Kier alpha value is -3.61. The van der Waals surface area contributed by atoms with Gasteiger partial charge >= 0.3 is 0 Å². The molecule has 0 fully saturated rings. The minimum absolute atomic E-state index is 0.0867. The van der Waals surface area contributed by atoms with Crippen LogP contribution in [-0.2, 0) is 19.4 Å². The van der Waals surface area contributed by atoms with Crippen molar-refractivity contribution in [2.45, 2.75) is 26.3 Å². The van der Waals surface area contributed by atoms with Gasteiger partial charge in [0.1, 0.15) is 0 Å². The molecule has 4 heterocycles. The van der Waals surface area contributed by atoms with E-state index in [0.29, 0.717) is 28.4 Å². The number of hydrogen-bond donors (Lipinski definition) is 1. The van der Waals surface area contributed by atoms with Gasteiger partial charge in [0.2, 0.25) is 0 Å². The van der Waals surface area contributed by atoms with Gasteiger partial charge in [-0.2, -0.15) is 5.10 Å². The lowest BCUT2D eigenvalue weighted by Gasteiger charge is -2.08. The van der Waals surface area contributed by atoms with Crippen molar-refractivity contribution < 1.29 is 0 Å². The second kappa shape index (κ2) is 8.56. The number of aromatic nitrogens is 5. The fraction of sp³-hybridized carbons (Fsp3) is 0.148. The molecule has 0 atom stereocenters. The zero-order valence-electron chi connectivity index (χ0n) is 18.9. The number of fused-ring (bicyclic) bond motifs is 4. The molecule has 0 spiro atoms. The lowest BCUT2D eigenvalue weighted by atomic mass is 10.0. The van der Waals surface area contributed by atoms with Crippen molar-refractivity contribution >= 4 is 50.7 Å². The highest BCUT2D eigenvalue weighted by atomic mass is 35.5. The second-order valence-electron chi connectivity index (χ2n) is 8.54. The smallest absolute Gasteiger partial charge is 0.261 e. The number of aryl methyl sites for hydroxylation is 3. The topological polar surface area (TPSA) is 68.0 Å². The standard InChI is InChI=1S/C27H21Cl2N5O/c1-2-22-25(16-3-5-18(28)6-4-16)26-31-15-21-24(34(26)32-22)10-12-33(27(21)35)11-9-17-14-30-23-8-7-19(29)13-20(17)23/h3-8,10,12-15,30H,2,9,11H2,1H3. The van der Waals surface area contributed by atoms with E-state index in [1.165, 1.54) is 0 Å². The summed E-state index contributed by atoms with van der Waals surface area (Å²) in [6, 6.07) is 15.4. The number of nitrogens with one attached hydrogen (secondary N) is 1. The van der Waals surface area contributed by atoms with E-state index in [1.807, 2.05) is 60.9 Å². The van der Waals surface area contributed by atoms with Crippen LogP contribution in [0.4, 0.5) is 0 Å². The molecule has 6 aromatic rings. The first-order chi connectivity index (χ1) is 17.0. The van der Waals surface area contributed by atoms with E-state index in [0.717, 1.165) is 50.9 Å². The van der Waals surface area contributed by atoms with Crippen LogP contribution in [0.5, 0.6) is 0 Å². The highest BCUT2D eigenvalue weighted by Crippen LogP contribution is 2.30. The largest absolute Gasteiger partial charge is 0.361 e. The number of pyridine rings is 1. The highest BCUT2D eigenvalue weighted by Gasteiger charge is 2.18. The molecule has 0 aliphatic rings. The van der Waals surface area contributed by atoms with Crippen molar-refractivity contribution in [2.75, 3.05) is 0 Å². The Balaban J connectivity index is 1.41. The Bertz CT molecular complexity index is 1780. The number of aromatic amines is 1. The molecule has 35 heavy (non-hydrogen) atoms. The molecule has 0 unspecified atom stereocenters. The number of halogens is 2. The van der Waals surface area contributed by atoms with E-state index in [2.05, 4.69) is 16.9 Å². The van der Waals surface area contributed by atoms with E-state index >= 15 is 0 Å². The maximum Gasteiger partial charge on any atom is 0.261 e. The summed E-state index contributed by atoms with van der Waals surface area (Å²) in [6.45, 7) is 2.61. The van der Waals surface area contributed by atoms with Gasteiger partial charge in [0.25, 0.3) is 5.56 Å². The van der Waals surface area contributed by atoms with E-state index in [9.17, 15) is 4.79 Å². The second-order valence-corrected chi connectivity index (χ2v) is 9.42. The predicted octanol–water partition coefficient (Wildman–Crippen LogP) is 6.30. The van der Waals surface area contributed by atoms with Gasteiger partial charge in [0, 0.05) is 51.6 Å². The third-order valence-corrected chi connectivity index (χ3v) is 6.96. The Morgan fingerprint density at radius 1 is 1.00 bits per heavy atom. The van der Waals surface area contributed by atoms with E-state index in [1.54, 1.807) is 15.3 Å². The average Bonchev–Trinajstić information content (AvgIpc) is 3.45. The molecule has 0 aliphatic carbocycles. The first-order valence-corrected chi connectivity index (χ1v) is 12.2. The zero-order valence-corrected chi connectivity index (χ0v) is 20.4. The van der Waals surface area contributed by atoms with Gasteiger partial charge in [-0.05, 0) is 60.4 Å². The summed E-state index contributed by atoms with van der Waals surface area (Å²) >= 11 is 12.3. The third-order valence-electron chi connectivity index (χ3n) is 6.48. The molecule has 0 saturated carbocycles. The van der Waals surface area contributed by atoms with E-state index in [-0.39, 0.29) is 5.56 Å². The average molecular weight is 502 g/mol. The monoisotopic (exact) mass is 501 g/mol. The summed E-state index contributed by atoms with van der Waals surface area (Å²) in [6.07, 6.45) is 6.92. The van der Waals surface area contributed by atoms with Gasteiger partial charge < -0.3 is 9.55 Å². The number of H-pyrrole nitrogens is 1. The summed E-state index contributed by atoms with van der Waals surface area (Å²) in [7, 11) is 0. The fourth-order valence-electron chi connectivity index (χ4n) is 4.69. The summed E-state index contributed by atoms with van der Waals surface area (Å²) in [5.74, 6) is 0. The van der Waals surface area contributed by atoms with Crippen LogP contribution >= 0.6 is 23.2 Å². The molecule has 8 heteroatoms. The van der Waals surface area contributed by atoms with Crippen LogP contribution in [0, 0.1) is 0 Å². The molecule has 174 valence electrons. The van der Waals surface area contributed by atoms with Crippen LogP contribution in [0.25, 0.3) is 38.6 Å². The van der Waals surface area contributed by atoms with Crippen LogP contribution < -0.4 is 5.56 Å². The lowest BCUT2D eigenvalue weighted by molar-refractivity contribution is 0.676. The van der Waals surface area contributed by atoms with Crippen LogP contribution in [0.15, 0.2) is 71.9 Å². The summed E-state index contributed by atoms with van der Waals surface area (Å²) in [5.41, 5.74) is 6.42. The molecule has 0 amide bonds. The molecular weight excluding hydrogens is 481 g/mol. The Morgan fingerprint density at radius 3 is 2.60 bits per heavy atom. The number of nitrogens with zero attached hydrogens (tertiary/aromatic N) is 4. The summed E-state index contributed by atoms with van der Waals surface area (Å²) < 4.78 is 3.51. The zero-order chi connectivity index (χ0) is 24.1. The van der Waals surface area contributed by atoms with Crippen LogP contribution in [0.3, 0.4) is 0 Å². The van der Waals surface area contributed by atoms with E-state index in [4.69, 9.17) is 28.3 Å². The van der Waals surface area contributed by atoms with Crippen molar-refractivity contribution in [3.63, 3.8) is 0 Å². The molecule has 1 N–H and O–H groups in total. The van der Waals surface area contributed by atoms with Crippen molar-refractivity contribution in [3.05, 3.63) is 98.8 Å². The van der Waals surface area contributed by atoms with Crippen molar-refractivity contribution in [1.82, 2.24) is 24.1 Å². The highest BCUT2D eigenvalue weighted by molar-refractivity contribution is 6.31. The molecular formula is C27H21Cl2N5O. The summed E-state index contributed by atoms with van der Waals surface area (Å²) in [4.78, 5) is 21.3. The fourth-order valence-corrected chi connectivity index (χ4v) is 4.99. The summed E-state index contributed by atoms with van der Waals surface area (Å²) in [5, 5.41) is 7.80. The van der Waals surface area contributed by atoms with Crippen LogP contribution in [0.2, 0.25) is 10.0 Å². The molecule has 0 saturated heterocycles. The minimum atomic E-state index is -0.0867. The molecule has 0 radical (unpaired) electrons. The normalized spacial score (nSPS) is 11.7. The quantitative estimate of drug-likeness (QED) is 0.301. The molecule has 0 aliphatic heterocycles. The Kier molecular flexibility index (Phi) is 5.35. The number of rotatable bonds is 5. The van der Waals surface area contributed by atoms with Crippen LogP contribution in [0.1, 0.15) is 18.2 Å². The Morgan fingerprint density at radius 2 is 1.80 bits per heavy atom. The Labute approximate surface area is 210 Å². The van der Waals surface area contributed by atoms with Gasteiger partial charge in [-0.3, -0.25) is 4.79 Å². The van der Waals surface area contributed by atoms with Gasteiger partial charge in [-0.15, -0.1) is 0 Å². The molecule has 6 rings (SSSR count).